The van der Waals surface area contributed by atoms with Crippen LogP contribution in [0.15, 0.2) is 24.3 Å². The van der Waals surface area contributed by atoms with Crippen molar-refractivity contribution in [2.45, 2.75) is 45.3 Å². The smallest absolute Gasteiger partial charge is 0.264 e. The van der Waals surface area contributed by atoms with Gasteiger partial charge in [0.2, 0.25) is 8.32 Å². The van der Waals surface area contributed by atoms with E-state index in [0.717, 1.165) is 12.0 Å². The number of rotatable bonds is 6. The fraction of sp³-hybridized carbons (Fsp3) is 0.600. The molecule has 1 aromatic rings. The fourth-order valence-corrected chi connectivity index (χ4v) is 3.84. The molecule has 0 fully saturated rings. The Bertz CT molecular complexity index is 556. The lowest BCUT2D eigenvalue weighted by Gasteiger charge is -2.25. The Morgan fingerprint density at radius 2 is 1.62 bits per heavy atom. The Kier molecular flexibility index (Phi) is 5.63. The van der Waals surface area contributed by atoms with Gasteiger partial charge in [-0.15, -0.1) is 0 Å². The van der Waals surface area contributed by atoms with Crippen molar-refractivity contribution >= 4 is 18.4 Å². The van der Waals surface area contributed by atoms with Gasteiger partial charge in [-0.2, -0.15) is 8.42 Å². The molecule has 0 aromatic heterocycles. The van der Waals surface area contributed by atoms with E-state index in [2.05, 4.69) is 46.0 Å². The SMILES string of the molecule is CC(C)(C)c1ccc(O[Si](C)(C)CCOS(C)(=O)=O)cc1. The molecule has 0 aliphatic heterocycles. The van der Waals surface area contributed by atoms with Crippen LogP contribution in [0.5, 0.6) is 5.75 Å². The molecule has 21 heavy (non-hydrogen) atoms. The summed E-state index contributed by atoms with van der Waals surface area (Å²) in [5.41, 5.74) is 1.38. The first-order valence-electron chi connectivity index (χ1n) is 7.03. The summed E-state index contributed by atoms with van der Waals surface area (Å²) in [6, 6.07) is 8.74. The van der Waals surface area contributed by atoms with Gasteiger partial charge < -0.3 is 4.43 Å². The van der Waals surface area contributed by atoms with Crippen LogP contribution in [0.2, 0.25) is 19.1 Å². The van der Waals surface area contributed by atoms with Crippen molar-refractivity contribution in [2.24, 2.45) is 0 Å². The maximum absolute atomic E-state index is 11.0. The van der Waals surface area contributed by atoms with Gasteiger partial charge >= 0.3 is 0 Å². The van der Waals surface area contributed by atoms with Gasteiger partial charge in [0.25, 0.3) is 10.1 Å². The zero-order valence-electron chi connectivity index (χ0n) is 13.8. The Labute approximate surface area is 129 Å². The maximum Gasteiger partial charge on any atom is 0.264 e. The molecule has 1 aromatic carbocycles. The van der Waals surface area contributed by atoms with Crippen molar-refractivity contribution in [3.63, 3.8) is 0 Å². The second-order valence-electron chi connectivity index (χ2n) is 6.91. The van der Waals surface area contributed by atoms with Crippen molar-refractivity contribution in [3.05, 3.63) is 29.8 Å². The van der Waals surface area contributed by atoms with Crippen molar-refractivity contribution in [2.75, 3.05) is 12.9 Å². The minimum Gasteiger partial charge on any atom is -0.544 e. The molecule has 1 rings (SSSR count). The predicted octanol–water partition coefficient (Wildman–Crippen LogP) is 3.54. The fourth-order valence-electron chi connectivity index (χ4n) is 1.83. The molecule has 4 nitrogen and oxygen atoms in total. The normalized spacial score (nSPS) is 13.2. The molecule has 120 valence electrons. The Morgan fingerprint density at radius 1 is 1.10 bits per heavy atom. The standard InChI is InChI=1S/C15H26O4SSi/c1-15(2,3)13-7-9-14(10-8-13)19-21(5,6)12-11-18-20(4,16)17/h7-10H,11-12H2,1-6H3. The van der Waals surface area contributed by atoms with E-state index in [-0.39, 0.29) is 12.0 Å². The number of benzene rings is 1. The van der Waals surface area contributed by atoms with E-state index in [1.54, 1.807) is 0 Å². The summed E-state index contributed by atoms with van der Waals surface area (Å²) >= 11 is 0. The highest BCUT2D eigenvalue weighted by Crippen LogP contribution is 2.26. The molecule has 0 N–H and O–H groups in total. The van der Waals surface area contributed by atoms with Crippen LogP contribution in [0.1, 0.15) is 26.3 Å². The van der Waals surface area contributed by atoms with Crippen molar-refractivity contribution in [1.82, 2.24) is 0 Å². The summed E-state index contributed by atoms with van der Waals surface area (Å²) in [6.07, 6.45) is 1.06. The average Bonchev–Trinajstić information content (AvgIpc) is 2.25. The third-order valence-electron chi connectivity index (χ3n) is 3.12. The van der Waals surface area contributed by atoms with Crippen LogP contribution >= 0.6 is 0 Å². The molecule has 0 bridgehead atoms. The minimum atomic E-state index is -3.37. The second-order valence-corrected chi connectivity index (χ2v) is 12.8. The Balaban J connectivity index is 2.62. The van der Waals surface area contributed by atoms with Gasteiger partial charge in [-0.25, -0.2) is 0 Å². The predicted molar refractivity (Wildman–Crippen MR) is 88.9 cm³/mol. The van der Waals surface area contributed by atoms with Gasteiger partial charge in [0.05, 0.1) is 12.9 Å². The first-order chi connectivity index (χ1) is 9.39. The highest BCUT2D eigenvalue weighted by atomic mass is 32.2. The van der Waals surface area contributed by atoms with E-state index in [1.165, 1.54) is 5.56 Å². The molecular formula is C15H26O4SSi. The van der Waals surface area contributed by atoms with E-state index < -0.39 is 18.4 Å². The molecule has 0 saturated carbocycles. The highest BCUT2D eigenvalue weighted by Gasteiger charge is 2.25. The largest absolute Gasteiger partial charge is 0.544 e. The maximum atomic E-state index is 11.0. The van der Waals surface area contributed by atoms with Crippen LogP contribution in [-0.2, 0) is 19.7 Å². The summed E-state index contributed by atoms with van der Waals surface area (Å²) in [5.74, 6) is 0.832. The van der Waals surface area contributed by atoms with Crippen LogP contribution in [0.3, 0.4) is 0 Å². The summed E-state index contributed by atoms with van der Waals surface area (Å²) < 4.78 is 32.8. The lowest BCUT2D eigenvalue weighted by atomic mass is 9.87. The topological polar surface area (TPSA) is 52.6 Å². The van der Waals surface area contributed by atoms with Crippen molar-refractivity contribution < 1.29 is 17.0 Å². The van der Waals surface area contributed by atoms with E-state index in [0.29, 0.717) is 6.04 Å². The van der Waals surface area contributed by atoms with Crippen LogP contribution in [0.4, 0.5) is 0 Å². The van der Waals surface area contributed by atoms with E-state index in [9.17, 15) is 8.42 Å². The molecule has 0 heterocycles. The third kappa shape index (κ3) is 7.11. The monoisotopic (exact) mass is 330 g/mol. The molecule has 0 saturated heterocycles. The average molecular weight is 331 g/mol. The van der Waals surface area contributed by atoms with E-state index in [1.807, 2.05) is 12.1 Å². The van der Waals surface area contributed by atoms with Crippen molar-refractivity contribution in [1.29, 1.82) is 0 Å². The number of hydrogen-bond acceptors (Lipinski definition) is 4. The van der Waals surface area contributed by atoms with Gasteiger partial charge in [0, 0.05) is 6.04 Å². The quantitative estimate of drug-likeness (QED) is 0.591. The summed E-state index contributed by atoms with van der Waals surface area (Å²) in [5, 5.41) is 0. The number of hydrogen-bond donors (Lipinski definition) is 0. The first-order valence-corrected chi connectivity index (χ1v) is 12.0. The Morgan fingerprint density at radius 3 is 2.05 bits per heavy atom. The molecule has 6 heteroatoms. The van der Waals surface area contributed by atoms with Gasteiger partial charge in [-0.05, 0) is 36.2 Å². The lowest BCUT2D eigenvalue weighted by molar-refractivity contribution is 0.335. The van der Waals surface area contributed by atoms with Crippen LogP contribution in [0.25, 0.3) is 0 Å². The van der Waals surface area contributed by atoms with Crippen LogP contribution < -0.4 is 4.43 Å². The zero-order chi connectivity index (χ0) is 16.3. The van der Waals surface area contributed by atoms with Gasteiger partial charge in [-0.1, -0.05) is 32.9 Å². The molecule has 0 amide bonds. The van der Waals surface area contributed by atoms with Crippen molar-refractivity contribution in [3.8, 4) is 5.75 Å². The van der Waals surface area contributed by atoms with E-state index >= 15 is 0 Å². The second kappa shape index (κ2) is 6.50. The summed E-state index contributed by atoms with van der Waals surface area (Å²) in [6.45, 7) is 10.8. The van der Waals surface area contributed by atoms with Crippen LogP contribution in [-0.4, -0.2) is 29.6 Å². The molecule has 0 aliphatic carbocycles. The minimum absolute atomic E-state index is 0.120. The molecular weight excluding hydrogens is 304 g/mol. The van der Waals surface area contributed by atoms with Gasteiger partial charge in [0.1, 0.15) is 5.75 Å². The molecule has 0 unspecified atom stereocenters. The summed E-state index contributed by atoms with van der Waals surface area (Å²) in [7, 11) is -5.37. The van der Waals surface area contributed by atoms with Gasteiger partial charge in [-0.3, -0.25) is 4.18 Å². The Hall–Kier alpha value is -0.853. The van der Waals surface area contributed by atoms with Gasteiger partial charge in [0.15, 0.2) is 0 Å². The highest BCUT2D eigenvalue weighted by molar-refractivity contribution is 7.85. The third-order valence-corrected chi connectivity index (χ3v) is 5.91. The summed E-state index contributed by atoms with van der Waals surface area (Å²) in [4.78, 5) is 0. The molecule has 0 radical (unpaired) electrons. The zero-order valence-corrected chi connectivity index (χ0v) is 15.6. The molecule has 0 aliphatic rings. The lowest BCUT2D eigenvalue weighted by Crippen LogP contribution is -2.35. The molecule has 0 spiro atoms. The van der Waals surface area contributed by atoms with Crippen LogP contribution in [0, 0.1) is 0 Å². The van der Waals surface area contributed by atoms with E-state index in [4.69, 9.17) is 8.61 Å². The molecule has 0 atom stereocenters. The first kappa shape index (κ1) is 18.2.